The lowest BCUT2D eigenvalue weighted by atomic mass is 10.2. The number of thioether (sulfide) groups is 1. The van der Waals surface area contributed by atoms with Crippen molar-refractivity contribution in [2.45, 2.75) is 30.4 Å². The van der Waals surface area contributed by atoms with E-state index >= 15 is 0 Å². The maximum absolute atomic E-state index is 11.9. The van der Waals surface area contributed by atoms with Gasteiger partial charge in [0.1, 0.15) is 0 Å². The Hall–Kier alpha value is -2.12. The molecule has 0 bridgehead atoms. The van der Waals surface area contributed by atoms with Crippen molar-refractivity contribution in [3.05, 3.63) is 46.7 Å². The summed E-state index contributed by atoms with van der Waals surface area (Å²) in [4.78, 5) is 14.1. The Labute approximate surface area is 148 Å². The quantitative estimate of drug-likeness (QED) is 0.657. The monoisotopic (exact) mass is 359 g/mol. The molecule has 0 spiro atoms. The van der Waals surface area contributed by atoms with Gasteiger partial charge in [-0.25, -0.2) is 0 Å². The molecule has 0 radical (unpaired) electrons. The van der Waals surface area contributed by atoms with Crippen molar-refractivity contribution in [1.82, 2.24) is 10.2 Å². The van der Waals surface area contributed by atoms with Crippen LogP contribution in [0.1, 0.15) is 18.7 Å². The summed E-state index contributed by atoms with van der Waals surface area (Å²) in [6.07, 6.45) is 0.302. The van der Waals surface area contributed by atoms with Crippen LogP contribution in [0.25, 0.3) is 11.5 Å². The Kier molecular flexibility index (Phi) is 5.32. The van der Waals surface area contributed by atoms with Crippen LogP contribution < -0.4 is 5.32 Å². The zero-order valence-electron chi connectivity index (χ0n) is 13.4. The highest BCUT2D eigenvalue weighted by Crippen LogP contribution is 2.26. The first-order valence-electron chi connectivity index (χ1n) is 7.53. The second-order valence-electron chi connectivity index (χ2n) is 5.41. The number of amides is 1. The first-order chi connectivity index (χ1) is 11.6. The SMILES string of the molecule is CC(C)Sc1ccc(-c2nnc(NC(=O)Cc3cccs3)o2)cc1. The van der Waals surface area contributed by atoms with Gasteiger partial charge in [-0.2, -0.15) is 0 Å². The molecule has 24 heavy (non-hydrogen) atoms. The number of hydrogen-bond acceptors (Lipinski definition) is 6. The summed E-state index contributed by atoms with van der Waals surface area (Å²) in [7, 11) is 0. The highest BCUT2D eigenvalue weighted by atomic mass is 32.2. The first kappa shape index (κ1) is 16.7. The van der Waals surface area contributed by atoms with Gasteiger partial charge in [-0.15, -0.1) is 28.2 Å². The molecular formula is C17H17N3O2S2. The number of carbonyl (C=O) groups excluding carboxylic acids is 1. The highest BCUT2D eigenvalue weighted by molar-refractivity contribution is 7.99. The molecule has 0 saturated heterocycles. The molecule has 0 atom stereocenters. The number of rotatable bonds is 6. The Morgan fingerprint density at radius 1 is 1.25 bits per heavy atom. The highest BCUT2D eigenvalue weighted by Gasteiger charge is 2.12. The normalized spacial score (nSPS) is 11.0. The molecule has 3 aromatic rings. The Bertz CT molecular complexity index is 796. The van der Waals surface area contributed by atoms with Crippen LogP contribution in [-0.4, -0.2) is 21.4 Å². The summed E-state index contributed by atoms with van der Waals surface area (Å²) in [5.74, 6) is 0.221. The molecule has 0 aliphatic carbocycles. The van der Waals surface area contributed by atoms with E-state index in [9.17, 15) is 4.79 Å². The summed E-state index contributed by atoms with van der Waals surface area (Å²) in [5, 5.41) is 13.0. The number of aromatic nitrogens is 2. The van der Waals surface area contributed by atoms with E-state index in [0.717, 1.165) is 10.4 Å². The third-order valence-electron chi connectivity index (χ3n) is 3.06. The summed E-state index contributed by atoms with van der Waals surface area (Å²) in [6, 6.07) is 11.9. The van der Waals surface area contributed by atoms with Crippen molar-refractivity contribution in [3.63, 3.8) is 0 Å². The third-order valence-corrected chi connectivity index (χ3v) is 4.95. The van der Waals surface area contributed by atoms with E-state index < -0.39 is 0 Å². The molecule has 1 amide bonds. The van der Waals surface area contributed by atoms with Crippen LogP contribution in [-0.2, 0) is 11.2 Å². The smallest absolute Gasteiger partial charge is 0.322 e. The van der Waals surface area contributed by atoms with Gasteiger partial charge in [0, 0.05) is 20.6 Å². The zero-order chi connectivity index (χ0) is 16.9. The molecule has 0 fully saturated rings. The molecule has 0 unspecified atom stereocenters. The molecule has 1 aromatic carbocycles. The lowest BCUT2D eigenvalue weighted by molar-refractivity contribution is -0.115. The van der Waals surface area contributed by atoms with E-state index in [4.69, 9.17) is 4.42 Å². The second kappa shape index (κ2) is 7.63. The fourth-order valence-corrected chi connectivity index (χ4v) is 3.61. The molecule has 0 aliphatic heterocycles. The van der Waals surface area contributed by atoms with Crippen LogP contribution in [0.2, 0.25) is 0 Å². The largest absolute Gasteiger partial charge is 0.403 e. The maximum Gasteiger partial charge on any atom is 0.322 e. The van der Waals surface area contributed by atoms with E-state index in [1.165, 1.54) is 16.2 Å². The predicted molar refractivity (Wildman–Crippen MR) is 97.4 cm³/mol. The van der Waals surface area contributed by atoms with E-state index in [1.54, 1.807) is 11.8 Å². The fourth-order valence-electron chi connectivity index (χ4n) is 2.07. The zero-order valence-corrected chi connectivity index (χ0v) is 15.0. The van der Waals surface area contributed by atoms with Gasteiger partial charge in [-0.1, -0.05) is 25.0 Å². The molecule has 124 valence electrons. The van der Waals surface area contributed by atoms with Crippen molar-refractivity contribution in [2.75, 3.05) is 5.32 Å². The molecule has 0 aliphatic rings. The Morgan fingerprint density at radius 3 is 2.71 bits per heavy atom. The summed E-state index contributed by atoms with van der Waals surface area (Å²) in [5.41, 5.74) is 0.828. The number of hydrogen-bond donors (Lipinski definition) is 1. The number of thiophene rings is 1. The minimum atomic E-state index is -0.170. The van der Waals surface area contributed by atoms with Gasteiger partial charge >= 0.3 is 6.01 Å². The summed E-state index contributed by atoms with van der Waals surface area (Å²) < 4.78 is 5.52. The molecule has 1 N–H and O–H groups in total. The molecule has 7 heteroatoms. The fraction of sp³-hybridized carbons (Fsp3) is 0.235. The van der Waals surface area contributed by atoms with Gasteiger partial charge < -0.3 is 4.42 Å². The van der Waals surface area contributed by atoms with Crippen molar-refractivity contribution in [3.8, 4) is 11.5 Å². The molecular weight excluding hydrogens is 342 g/mol. The van der Waals surface area contributed by atoms with Gasteiger partial charge in [0.25, 0.3) is 0 Å². The number of carbonyl (C=O) groups is 1. The number of anilines is 1. The van der Waals surface area contributed by atoms with E-state index in [1.807, 2.05) is 41.8 Å². The first-order valence-corrected chi connectivity index (χ1v) is 9.29. The van der Waals surface area contributed by atoms with Crippen LogP contribution in [0.5, 0.6) is 0 Å². The molecule has 2 heterocycles. The van der Waals surface area contributed by atoms with Crippen molar-refractivity contribution < 1.29 is 9.21 Å². The van der Waals surface area contributed by atoms with Crippen LogP contribution >= 0.6 is 23.1 Å². The lowest BCUT2D eigenvalue weighted by Crippen LogP contribution is -2.13. The summed E-state index contributed by atoms with van der Waals surface area (Å²) >= 11 is 3.33. The van der Waals surface area contributed by atoms with Crippen LogP contribution in [0.4, 0.5) is 6.01 Å². The minimum Gasteiger partial charge on any atom is -0.403 e. The number of nitrogens with zero attached hydrogens (tertiary/aromatic N) is 2. The average molecular weight is 359 g/mol. The average Bonchev–Trinajstić information content (AvgIpc) is 3.19. The Balaban J connectivity index is 1.63. The van der Waals surface area contributed by atoms with Crippen LogP contribution in [0.3, 0.4) is 0 Å². The minimum absolute atomic E-state index is 0.118. The van der Waals surface area contributed by atoms with Crippen LogP contribution in [0, 0.1) is 0 Å². The van der Waals surface area contributed by atoms with Gasteiger partial charge in [-0.05, 0) is 35.7 Å². The van der Waals surface area contributed by atoms with Crippen molar-refractivity contribution in [1.29, 1.82) is 0 Å². The second-order valence-corrected chi connectivity index (χ2v) is 8.09. The van der Waals surface area contributed by atoms with Crippen molar-refractivity contribution in [2.24, 2.45) is 0 Å². The predicted octanol–water partition coefficient (Wildman–Crippen LogP) is 4.48. The molecule has 3 rings (SSSR count). The molecule has 5 nitrogen and oxygen atoms in total. The summed E-state index contributed by atoms with van der Waals surface area (Å²) in [6.45, 7) is 4.31. The Morgan fingerprint density at radius 2 is 2.04 bits per heavy atom. The maximum atomic E-state index is 11.9. The van der Waals surface area contributed by atoms with E-state index in [2.05, 4.69) is 29.4 Å². The van der Waals surface area contributed by atoms with Gasteiger partial charge in [0.05, 0.1) is 6.42 Å². The van der Waals surface area contributed by atoms with Gasteiger partial charge in [-0.3, -0.25) is 10.1 Å². The van der Waals surface area contributed by atoms with E-state index in [0.29, 0.717) is 17.6 Å². The van der Waals surface area contributed by atoms with Gasteiger partial charge in [0.2, 0.25) is 11.8 Å². The van der Waals surface area contributed by atoms with Crippen LogP contribution in [0.15, 0.2) is 51.1 Å². The number of benzene rings is 1. The van der Waals surface area contributed by atoms with E-state index in [-0.39, 0.29) is 11.9 Å². The molecule has 0 saturated carbocycles. The third kappa shape index (κ3) is 4.46. The number of nitrogens with one attached hydrogen (secondary N) is 1. The lowest BCUT2D eigenvalue weighted by Gasteiger charge is -2.04. The molecule has 2 aromatic heterocycles. The van der Waals surface area contributed by atoms with Gasteiger partial charge in [0.15, 0.2) is 0 Å². The van der Waals surface area contributed by atoms with Crippen molar-refractivity contribution >= 4 is 35.0 Å². The topological polar surface area (TPSA) is 68.0 Å². The standard InChI is InChI=1S/C17H17N3O2S2/c1-11(2)24-13-7-5-12(6-8-13)16-19-20-17(22-16)18-15(21)10-14-4-3-9-23-14/h3-9,11H,10H2,1-2H3,(H,18,20,21).